The van der Waals surface area contributed by atoms with Gasteiger partial charge in [-0.05, 0) is 29.8 Å². The molecule has 2 atom stereocenters. The highest BCUT2D eigenvalue weighted by atomic mass is 79.9. The van der Waals surface area contributed by atoms with Crippen molar-refractivity contribution in [2.45, 2.75) is 11.3 Å². The Morgan fingerprint density at radius 2 is 1.95 bits per heavy atom. The number of ether oxygens (including phenoxy) is 1. The number of para-hydroxylation sites is 1. The summed E-state index contributed by atoms with van der Waals surface area (Å²) in [5, 5.41) is -0.115. The van der Waals surface area contributed by atoms with Gasteiger partial charge >= 0.3 is 0 Å². The molecule has 0 amide bonds. The fourth-order valence-electron chi connectivity index (χ4n) is 2.37. The maximum absolute atomic E-state index is 6.69. The first kappa shape index (κ1) is 13.5. The first-order chi connectivity index (χ1) is 9.16. The van der Waals surface area contributed by atoms with E-state index in [9.17, 15) is 0 Å². The topological polar surface area (TPSA) is 9.23 Å². The van der Waals surface area contributed by atoms with Crippen molar-refractivity contribution >= 4 is 43.5 Å². The van der Waals surface area contributed by atoms with Gasteiger partial charge in [0.05, 0.1) is 12.0 Å². The van der Waals surface area contributed by atoms with Crippen molar-refractivity contribution in [3.05, 3.63) is 62.5 Å². The summed E-state index contributed by atoms with van der Waals surface area (Å²) < 4.78 is 7.77. The average molecular weight is 403 g/mol. The Labute approximate surface area is 134 Å². The van der Waals surface area contributed by atoms with E-state index in [4.69, 9.17) is 16.3 Å². The lowest BCUT2D eigenvalue weighted by Crippen LogP contribution is -2.08. The minimum Gasteiger partial charge on any atom is -0.493 e. The van der Waals surface area contributed by atoms with Crippen molar-refractivity contribution in [3.63, 3.8) is 0 Å². The predicted octanol–water partition coefficient (Wildman–Crippen LogP) is 5.67. The summed E-state index contributed by atoms with van der Waals surface area (Å²) in [4.78, 5) is 0. The van der Waals surface area contributed by atoms with Crippen molar-refractivity contribution in [2.75, 3.05) is 6.61 Å². The summed E-state index contributed by atoms with van der Waals surface area (Å²) in [6.45, 7) is 0.631. The van der Waals surface area contributed by atoms with E-state index in [-0.39, 0.29) is 11.3 Å². The summed E-state index contributed by atoms with van der Waals surface area (Å²) in [5.74, 6) is 1.13. The van der Waals surface area contributed by atoms with Gasteiger partial charge in [-0.3, -0.25) is 0 Å². The molecule has 1 aliphatic heterocycles. The second kappa shape index (κ2) is 5.47. The van der Waals surface area contributed by atoms with E-state index < -0.39 is 0 Å². The van der Waals surface area contributed by atoms with Crippen LogP contribution in [0.3, 0.4) is 0 Å². The van der Waals surface area contributed by atoms with Gasteiger partial charge in [-0.1, -0.05) is 50.1 Å². The molecule has 0 fully saturated rings. The monoisotopic (exact) mass is 400 g/mol. The third-order valence-corrected chi connectivity index (χ3v) is 5.10. The quantitative estimate of drug-likeness (QED) is 0.588. The van der Waals surface area contributed by atoms with Gasteiger partial charge in [0.2, 0.25) is 0 Å². The van der Waals surface area contributed by atoms with Crippen molar-refractivity contribution in [3.8, 4) is 5.75 Å². The lowest BCUT2D eigenvalue weighted by atomic mass is 9.93. The summed E-state index contributed by atoms with van der Waals surface area (Å²) in [6.07, 6.45) is 0. The molecule has 0 spiro atoms. The molecule has 3 rings (SSSR count). The van der Waals surface area contributed by atoms with E-state index in [0.717, 1.165) is 20.3 Å². The SMILES string of the molecule is ClC(c1cc(Br)ccc1Br)C1COc2ccccc21. The second-order valence-electron chi connectivity index (χ2n) is 4.52. The molecule has 0 aliphatic carbocycles. The first-order valence-corrected chi connectivity index (χ1v) is 8.00. The molecule has 2 unspecified atom stereocenters. The number of hydrogen-bond donors (Lipinski definition) is 0. The Kier molecular flexibility index (Phi) is 3.88. The van der Waals surface area contributed by atoms with Gasteiger partial charge in [0, 0.05) is 20.4 Å². The van der Waals surface area contributed by atoms with Crippen LogP contribution in [0.5, 0.6) is 5.75 Å². The van der Waals surface area contributed by atoms with Crippen LogP contribution in [-0.2, 0) is 0 Å². The van der Waals surface area contributed by atoms with Crippen LogP contribution in [-0.4, -0.2) is 6.61 Å². The molecule has 0 N–H and O–H groups in total. The fourth-order valence-corrected chi connectivity index (χ4v) is 3.77. The molecule has 4 heteroatoms. The van der Waals surface area contributed by atoms with Gasteiger partial charge in [-0.15, -0.1) is 11.6 Å². The smallest absolute Gasteiger partial charge is 0.122 e. The average Bonchev–Trinajstić information content (AvgIpc) is 2.84. The van der Waals surface area contributed by atoms with Crippen LogP contribution in [0.2, 0.25) is 0 Å². The Hall–Kier alpha value is -0.510. The highest BCUT2D eigenvalue weighted by Gasteiger charge is 2.31. The molecule has 0 bridgehead atoms. The van der Waals surface area contributed by atoms with E-state index in [2.05, 4.69) is 44.0 Å². The summed E-state index contributed by atoms with van der Waals surface area (Å²) in [7, 11) is 0. The second-order valence-corrected chi connectivity index (χ2v) is 6.76. The third kappa shape index (κ3) is 2.56. The summed E-state index contributed by atoms with van der Waals surface area (Å²) in [6, 6.07) is 14.2. The van der Waals surface area contributed by atoms with Crippen LogP contribution in [0.1, 0.15) is 22.4 Å². The zero-order valence-corrected chi connectivity index (χ0v) is 13.9. The number of hydrogen-bond acceptors (Lipinski definition) is 1. The van der Waals surface area contributed by atoms with Crippen LogP contribution >= 0.6 is 43.5 Å². The lowest BCUT2D eigenvalue weighted by Gasteiger charge is -2.18. The van der Waals surface area contributed by atoms with Crippen molar-refractivity contribution < 1.29 is 4.74 Å². The molecule has 2 aromatic rings. The number of halogens is 3. The molecular weight excluding hydrogens is 391 g/mol. The highest BCUT2D eigenvalue weighted by Crippen LogP contribution is 2.46. The number of benzene rings is 2. The molecular formula is C15H11Br2ClO. The molecule has 1 nitrogen and oxygen atoms in total. The summed E-state index contributed by atoms with van der Waals surface area (Å²) >= 11 is 13.8. The number of alkyl halides is 1. The Bertz CT molecular complexity index is 615. The normalized spacial score (nSPS) is 18.8. The van der Waals surface area contributed by atoms with Crippen molar-refractivity contribution in [2.24, 2.45) is 0 Å². The van der Waals surface area contributed by atoms with E-state index in [1.807, 2.05) is 30.3 Å². The molecule has 0 aromatic heterocycles. The van der Waals surface area contributed by atoms with Crippen molar-refractivity contribution in [1.29, 1.82) is 0 Å². The van der Waals surface area contributed by atoms with Crippen LogP contribution in [0.25, 0.3) is 0 Å². The highest BCUT2D eigenvalue weighted by molar-refractivity contribution is 9.11. The molecule has 0 saturated carbocycles. The Morgan fingerprint density at radius 1 is 1.16 bits per heavy atom. The van der Waals surface area contributed by atoms with Crippen LogP contribution in [0, 0.1) is 0 Å². The van der Waals surface area contributed by atoms with E-state index in [1.165, 1.54) is 5.56 Å². The fraction of sp³-hybridized carbons (Fsp3) is 0.200. The zero-order valence-electron chi connectivity index (χ0n) is 9.95. The van der Waals surface area contributed by atoms with Gasteiger partial charge in [-0.2, -0.15) is 0 Å². The lowest BCUT2D eigenvalue weighted by molar-refractivity contribution is 0.328. The van der Waals surface area contributed by atoms with Gasteiger partial charge < -0.3 is 4.74 Å². The first-order valence-electron chi connectivity index (χ1n) is 5.97. The number of fused-ring (bicyclic) bond motifs is 1. The van der Waals surface area contributed by atoms with Gasteiger partial charge in [-0.25, -0.2) is 0 Å². The van der Waals surface area contributed by atoms with Crippen LogP contribution in [0.4, 0.5) is 0 Å². The molecule has 98 valence electrons. The van der Waals surface area contributed by atoms with Crippen LogP contribution < -0.4 is 4.74 Å². The van der Waals surface area contributed by atoms with Crippen LogP contribution in [0.15, 0.2) is 51.4 Å². The largest absolute Gasteiger partial charge is 0.493 e. The predicted molar refractivity (Wildman–Crippen MR) is 85.1 cm³/mol. The van der Waals surface area contributed by atoms with Gasteiger partial charge in [0.1, 0.15) is 5.75 Å². The standard InChI is InChI=1S/C15H11Br2ClO/c16-9-5-6-13(17)11(7-9)15(18)12-8-19-14-4-2-1-3-10(12)14/h1-7,12,15H,8H2. The van der Waals surface area contributed by atoms with Crippen molar-refractivity contribution in [1.82, 2.24) is 0 Å². The number of rotatable bonds is 2. The maximum atomic E-state index is 6.69. The maximum Gasteiger partial charge on any atom is 0.122 e. The zero-order chi connectivity index (χ0) is 13.4. The molecule has 19 heavy (non-hydrogen) atoms. The molecule has 0 radical (unpaired) electrons. The van der Waals surface area contributed by atoms with Gasteiger partial charge in [0.25, 0.3) is 0 Å². The Morgan fingerprint density at radius 3 is 2.79 bits per heavy atom. The van der Waals surface area contributed by atoms with E-state index in [1.54, 1.807) is 0 Å². The van der Waals surface area contributed by atoms with Gasteiger partial charge in [0.15, 0.2) is 0 Å². The van der Waals surface area contributed by atoms with E-state index >= 15 is 0 Å². The minimum absolute atomic E-state index is 0.115. The molecule has 1 heterocycles. The third-order valence-electron chi connectivity index (χ3n) is 3.35. The molecule has 1 aliphatic rings. The molecule has 0 saturated heterocycles. The molecule has 2 aromatic carbocycles. The minimum atomic E-state index is -0.115. The Balaban J connectivity index is 1.97. The van der Waals surface area contributed by atoms with E-state index in [0.29, 0.717) is 6.61 Å². The summed E-state index contributed by atoms with van der Waals surface area (Å²) in [5.41, 5.74) is 2.27.